The van der Waals surface area contributed by atoms with Crippen LogP contribution in [0, 0.1) is 5.82 Å². The first-order chi connectivity index (χ1) is 16.6. The predicted octanol–water partition coefficient (Wildman–Crippen LogP) is 6.29. The monoisotopic (exact) mass is 479 g/mol. The number of amides is 1. The summed E-state index contributed by atoms with van der Waals surface area (Å²) < 4.78 is 27.6. The SMILES string of the molecule is CCC(C(=O)O)c1ccc(N2Cc3c(c(OC(C)C)c4ccccc4c3OC(C)C)C2=O)c(F)c1. The number of benzene rings is 3. The van der Waals surface area contributed by atoms with Crippen LogP contribution in [-0.2, 0) is 11.3 Å². The molecule has 1 aliphatic heterocycles. The molecule has 0 fully saturated rings. The Labute approximate surface area is 204 Å². The maximum absolute atomic E-state index is 15.3. The third kappa shape index (κ3) is 4.43. The van der Waals surface area contributed by atoms with Gasteiger partial charge in [0.2, 0.25) is 0 Å². The van der Waals surface area contributed by atoms with Crippen molar-refractivity contribution in [3.05, 3.63) is 65.0 Å². The Morgan fingerprint density at radius 1 is 1.03 bits per heavy atom. The quantitative estimate of drug-likeness (QED) is 0.411. The molecule has 1 aliphatic rings. The van der Waals surface area contributed by atoms with E-state index in [9.17, 15) is 14.7 Å². The first kappa shape index (κ1) is 24.5. The molecule has 1 amide bonds. The highest BCUT2D eigenvalue weighted by Crippen LogP contribution is 2.47. The number of carbonyl (C=O) groups excluding carboxylic acids is 1. The molecule has 184 valence electrons. The van der Waals surface area contributed by atoms with Crippen molar-refractivity contribution in [1.29, 1.82) is 0 Å². The van der Waals surface area contributed by atoms with Crippen molar-refractivity contribution in [2.75, 3.05) is 4.90 Å². The maximum Gasteiger partial charge on any atom is 0.310 e. The average molecular weight is 480 g/mol. The molecule has 1 N–H and O–H groups in total. The second-order valence-electron chi connectivity index (χ2n) is 9.29. The van der Waals surface area contributed by atoms with Crippen molar-refractivity contribution in [3.8, 4) is 11.5 Å². The summed E-state index contributed by atoms with van der Waals surface area (Å²) in [6.45, 7) is 9.46. The number of nitrogens with zero attached hydrogens (tertiary/aromatic N) is 1. The molecule has 1 heterocycles. The van der Waals surface area contributed by atoms with Gasteiger partial charge in [-0.1, -0.05) is 37.3 Å². The summed E-state index contributed by atoms with van der Waals surface area (Å²) in [6.07, 6.45) is 0.0152. The zero-order valence-corrected chi connectivity index (χ0v) is 20.6. The van der Waals surface area contributed by atoms with Crippen LogP contribution >= 0.6 is 0 Å². The van der Waals surface area contributed by atoms with E-state index in [-0.39, 0.29) is 30.3 Å². The van der Waals surface area contributed by atoms with Gasteiger partial charge in [-0.15, -0.1) is 0 Å². The van der Waals surface area contributed by atoms with Crippen molar-refractivity contribution < 1.29 is 28.6 Å². The number of aliphatic carboxylic acids is 1. The minimum atomic E-state index is -1.01. The first-order valence-electron chi connectivity index (χ1n) is 11.9. The fraction of sp³-hybridized carbons (Fsp3) is 0.357. The van der Waals surface area contributed by atoms with Crippen molar-refractivity contribution >= 4 is 28.3 Å². The fourth-order valence-electron chi connectivity index (χ4n) is 4.60. The molecule has 0 saturated carbocycles. The van der Waals surface area contributed by atoms with Crippen LogP contribution in [-0.4, -0.2) is 29.2 Å². The largest absolute Gasteiger partial charge is 0.490 e. The summed E-state index contributed by atoms with van der Waals surface area (Å²) in [7, 11) is 0. The molecule has 3 aromatic rings. The molecule has 0 radical (unpaired) electrons. The lowest BCUT2D eigenvalue weighted by molar-refractivity contribution is -0.138. The van der Waals surface area contributed by atoms with E-state index >= 15 is 4.39 Å². The van der Waals surface area contributed by atoms with Crippen LogP contribution in [0.3, 0.4) is 0 Å². The number of ether oxygens (including phenoxy) is 2. The van der Waals surface area contributed by atoms with Gasteiger partial charge in [-0.05, 0) is 51.8 Å². The topological polar surface area (TPSA) is 76.1 Å². The van der Waals surface area contributed by atoms with Crippen LogP contribution in [0.1, 0.15) is 68.4 Å². The summed E-state index contributed by atoms with van der Waals surface area (Å²) in [5.41, 5.74) is 1.47. The highest BCUT2D eigenvalue weighted by molar-refractivity contribution is 6.17. The van der Waals surface area contributed by atoms with E-state index in [1.807, 2.05) is 52.0 Å². The van der Waals surface area contributed by atoms with Crippen molar-refractivity contribution in [1.82, 2.24) is 0 Å². The van der Waals surface area contributed by atoms with Gasteiger partial charge in [-0.2, -0.15) is 0 Å². The molecular formula is C28H30FNO5. The molecule has 6 nitrogen and oxygen atoms in total. The molecule has 0 saturated heterocycles. The summed E-state index contributed by atoms with van der Waals surface area (Å²) in [6, 6.07) is 11.9. The van der Waals surface area contributed by atoms with E-state index in [4.69, 9.17) is 9.47 Å². The molecule has 35 heavy (non-hydrogen) atoms. The summed E-state index contributed by atoms with van der Waals surface area (Å²) in [4.78, 5) is 26.6. The molecule has 4 rings (SSSR count). The van der Waals surface area contributed by atoms with E-state index in [1.165, 1.54) is 17.0 Å². The van der Waals surface area contributed by atoms with Gasteiger partial charge in [0.1, 0.15) is 17.3 Å². The zero-order chi connectivity index (χ0) is 25.4. The Morgan fingerprint density at radius 2 is 1.63 bits per heavy atom. The molecule has 1 atom stereocenters. The lowest BCUT2D eigenvalue weighted by Crippen LogP contribution is -2.25. The van der Waals surface area contributed by atoms with Gasteiger partial charge in [0.05, 0.1) is 35.9 Å². The Balaban J connectivity index is 1.88. The van der Waals surface area contributed by atoms with Gasteiger partial charge < -0.3 is 19.5 Å². The van der Waals surface area contributed by atoms with Crippen molar-refractivity contribution in [2.45, 2.75) is 65.7 Å². The normalized spacial score (nSPS) is 14.1. The molecule has 0 spiro atoms. The number of halogens is 1. The van der Waals surface area contributed by atoms with E-state index in [0.717, 1.165) is 10.8 Å². The summed E-state index contributed by atoms with van der Waals surface area (Å²) in [5.74, 6) is -1.80. The number of carboxylic acids is 1. The van der Waals surface area contributed by atoms with E-state index in [0.29, 0.717) is 34.6 Å². The molecule has 0 bridgehead atoms. The number of anilines is 1. The van der Waals surface area contributed by atoms with Crippen LogP contribution in [0.25, 0.3) is 10.8 Å². The second kappa shape index (κ2) is 9.56. The molecule has 3 aromatic carbocycles. The number of hydrogen-bond donors (Lipinski definition) is 1. The summed E-state index contributed by atoms with van der Waals surface area (Å²) >= 11 is 0. The van der Waals surface area contributed by atoms with Gasteiger partial charge in [-0.3, -0.25) is 9.59 Å². The highest BCUT2D eigenvalue weighted by Gasteiger charge is 2.38. The molecule has 0 aromatic heterocycles. The number of rotatable bonds is 8. The van der Waals surface area contributed by atoms with E-state index in [1.54, 1.807) is 13.0 Å². The molecular weight excluding hydrogens is 449 g/mol. The predicted molar refractivity (Wildman–Crippen MR) is 133 cm³/mol. The second-order valence-corrected chi connectivity index (χ2v) is 9.29. The summed E-state index contributed by atoms with van der Waals surface area (Å²) in [5, 5.41) is 11.0. The maximum atomic E-state index is 15.3. The number of fused-ring (bicyclic) bond motifs is 2. The van der Waals surface area contributed by atoms with Gasteiger partial charge in [-0.25, -0.2) is 4.39 Å². The standard InChI is InChI=1S/C28H30FNO5/c1-6-18(28(32)33)17-11-12-23(22(29)13-17)30-14-21-24(27(30)31)26(35-16(4)5)20-10-8-7-9-19(20)25(21)34-15(2)3/h7-13,15-16,18H,6,14H2,1-5H3,(H,32,33). The van der Waals surface area contributed by atoms with E-state index < -0.39 is 17.7 Å². The fourth-order valence-corrected chi connectivity index (χ4v) is 4.60. The third-order valence-corrected chi connectivity index (χ3v) is 6.07. The lowest BCUT2D eigenvalue weighted by Gasteiger charge is -2.20. The van der Waals surface area contributed by atoms with Crippen molar-refractivity contribution in [3.63, 3.8) is 0 Å². The Morgan fingerprint density at radius 3 is 2.17 bits per heavy atom. The minimum Gasteiger partial charge on any atom is -0.490 e. The van der Waals surface area contributed by atoms with Gasteiger partial charge in [0.15, 0.2) is 0 Å². The van der Waals surface area contributed by atoms with Gasteiger partial charge in [0, 0.05) is 16.3 Å². The third-order valence-electron chi connectivity index (χ3n) is 6.07. The number of hydrogen-bond acceptors (Lipinski definition) is 4. The zero-order valence-electron chi connectivity index (χ0n) is 20.6. The van der Waals surface area contributed by atoms with Crippen LogP contribution in [0.2, 0.25) is 0 Å². The Hall–Kier alpha value is -3.61. The number of carbonyl (C=O) groups is 2. The van der Waals surface area contributed by atoms with Crippen LogP contribution < -0.4 is 14.4 Å². The Kier molecular flexibility index (Phi) is 6.70. The average Bonchev–Trinajstić information content (AvgIpc) is 3.13. The van der Waals surface area contributed by atoms with E-state index in [2.05, 4.69) is 0 Å². The lowest BCUT2D eigenvalue weighted by atomic mass is 9.96. The molecule has 0 aliphatic carbocycles. The first-order valence-corrected chi connectivity index (χ1v) is 11.9. The smallest absolute Gasteiger partial charge is 0.310 e. The van der Waals surface area contributed by atoms with Gasteiger partial charge in [0.25, 0.3) is 5.91 Å². The molecule has 1 unspecified atom stereocenters. The number of carboxylic acid groups (broad SMARTS) is 1. The minimum absolute atomic E-state index is 0.0882. The van der Waals surface area contributed by atoms with Crippen molar-refractivity contribution in [2.24, 2.45) is 0 Å². The molecule has 7 heteroatoms. The van der Waals surface area contributed by atoms with Crippen LogP contribution in [0.15, 0.2) is 42.5 Å². The van der Waals surface area contributed by atoms with Crippen LogP contribution in [0.5, 0.6) is 11.5 Å². The van der Waals surface area contributed by atoms with Gasteiger partial charge >= 0.3 is 5.97 Å². The highest BCUT2D eigenvalue weighted by atomic mass is 19.1. The van der Waals surface area contributed by atoms with Crippen LogP contribution in [0.4, 0.5) is 10.1 Å². The Bertz CT molecular complexity index is 1300.